The van der Waals surface area contributed by atoms with Crippen LogP contribution in [-0.2, 0) is 0 Å². The summed E-state index contributed by atoms with van der Waals surface area (Å²) in [5.74, 6) is 0. The quantitative estimate of drug-likeness (QED) is 0.398. The smallest absolute Gasteiger partial charge is 0.219 e. The Morgan fingerprint density at radius 3 is 1.83 bits per heavy atom. The number of hydrogen-bond donors (Lipinski definition) is 2. The maximum Gasteiger partial charge on any atom is 0.219 e. The first-order valence-electron chi connectivity index (χ1n) is 1.20. The second-order valence-electron chi connectivity index (χ2n) is 0.617. The van der Waals surface area contributed by atoms with Gasteiger partial charge in [0, 0.05) is 18.9 Å². The summed E-state index contributed by atoms with van der Waals surface area (Å²) in [5, 5.41) is 15.0. The Morgan fingerprint density at radius 1 is 1.67 bits per heavy atom. The zero-order valence-electron chi connectivity index (χ0n) is 3.56. The van der Waals surface area contributed by atoms with Gasteiger partial charge in [-0.25, -0.2) is 4.39 Å². The average molecular weight is 87.0 g/mol. The predicted octanol–water partition coefficient (Wildman–Crippen LogP) is -1.11. The van der Waals surface area contributed by atoms with E-state index in [-0.39, 0.29) is 18.9 Å². The molecule has 0 saturated carbocycles. The van der Waals surface area contributed by atoms with Crippen LogP contribution in [0.5, 0.6) is 0 Å². The number of aliphatic hydroxyl groups is 2. The summed E-state index contributed by atoms with van der Waals surface area (Å²) in [7, 11) is 0. The van der Waals surface area contributed by atoms with Gasteiger partial charge in [-0.3, -0.25) is 0 Å². The fourth-order valence-corrected chi connectivity index (χ4v) is 0. The largest absolute Gasteiger partial charge is 0.391 e. The van der Waals surface area contributed by atoms with Gasteiger partial charge in [0.1, 0.15) is 0 Å². The molecule has 0 bridgehead atoms. The maximum atomic E-state index is 10.7. The first kappa shape index (κ1) is 9.67. The minimum absolute atomic E-state index is 0. The van der Waals surface area contributed by atoms with Gasteiger partial charge in [0.2, 0.25) is 6.36 Å². The van der Waals surface area contributed by atoms with E-state index in [0.29, 0.717) is 0 Å². The Labute approximate surface area is 47.2 Å². The fraction of sp³-hybridized carbons (Fsp3) is 1.00. The third kappa shape index (κ3) is 8.82. The molecule has 0 fully saturated rings. The number of hydrogen-bond acceptors (Lipinski definition) is 2. The molecular formula is C2H5FLiO2. The van der Waals surface area contributed by atoms with E-state index in [1.165, 1.54) is 0 Å². The number of alkyl halides is 1. The predicted molar refractivity (Wildman–Crippen MR) is 20.0 cm³/mol. The van der Waals surface area contributed by atoms with Gasteiger partial charge in [-0.1, -0.05) is 0 Å². The molecule has 0 aromatic rings. The van der Waals surface area contributed by atoms with E-state index in [0.717, 1.165) is 0 Å². The van der Waals surface area contributed by atoms with E-state index in [1.54, 1.807) is 0 Å². The van der Waals surface area contributed by atoms with Crippen LogP contribution in [0.3, 0.4) is 0 Å². The third-order valence-electron chi connectivity index (χ3n) is 0.151. The van der Waals surface area contributed by atoms with Crippen LogP contribution >= 0.6 is 0 Å². The molecule has 1 unspecified atom stereocenters. The summed E-state index contributed by atoms with van der Waals surface area (Å²) < 4.78 is 10.7. The van der Waals surface area contributed by atoms with E-state index in [4.69, 9.17) is 10.2 Å². The minimum atomic E-state index is -2.06. The molecule has 0 spiro atoms. The van der Waals surface area contributed by atoms with Crippen LogP contribution in [0, 0.1) is 0 Å². The van der Waals surface area contributed by atoms with Crippen LogP contribution < -0.4 is 0 Å². The molecule has 0 aromatic heterocycles. The van der Waals surface area contributed by atoms with Crippen molar-refractivity contribution in [1.82, 2.24) is 0 Å². The molecule has 33 valence electrons. The summed E-state index contributed by atoms with van der Waals surface area (Å²) in [6.07, 6.45) is -2.06. The summed E-state index contributed by atoms with van der Waals surface area (Å²) in [6.45, 7) is -0.806. The van der Waals surface area contributed by atoms with Crippen molar-refractivity contribution in [2.45, 2.75) is 6.36 Å². The molecule has 0 aromatic carbocycles. The molecule has 2 nitrogen and oxygen atoms in total. The number of rotatable bonds is 1. The van der Waals surface area contributed by atoms with E-state index < -0.39 is 13.0 Å². The standard InChI is InChI=1S/C2H5FO2.Li/c3-2(5)1-4;/h2,4-5H,1H2;. The molecule has 6 heavy (non-hydrogen) atoms. The molecule has 0 saturated heterocycles. The zero-order valence-corrected chi connectivity index (χ0v) is 3.56. The summed E-state index contributed by atoms with van der Waals surface area (Å²) in [4.78, 5) is 0. The maximum absolute atomic E-state index is 10.7. The second-order valence-corrected chi connectivity index (χ2v) is 0.617. The molecule has 0 amide bonds. The van der Waals surface area contributed by atoms with Crippen molar-refractivity contribution in [3.05, 3.63) is 0 Å². The van der Waals surface area contributed by atoms with Crippen LogP contribution in [-0.4, -0.2) is 42.0 Å². The Bertz CT molecular complexity index is 25.5. The molecule has 1 radical (unpaired) electrons. The van der Waals surface area contributed by atoms with Gasteiger partial charge in [0.15, 0.2) is 0 Å². The number of aliphatic hydroxyl groups excluding tert-OH is 2. The van der Waals surface area contributed by atoms with Crippen LogP contribution in [0.1, 0.15) is 0 Å². The zero-order chi connectivity index (χ0) is 4.28. The SMILES string of the molecule is OCC(O)F.[Li]. The van der Waals surface area contributed by atoms with Crippen molar-refractivity contribution in [3.63, 3.8) is 0 Å². The van der Waals surface area contributed by atoms with Crippen molar-refractivity contribution in [2.24, 2.45) is 0 Å². The first-order valence-corrected chi connectivity index (χ1v) is 1.20. The Morgan fingerprint density at radius 2 is 1.83 bits per heavy atom. The van der Waals surface area contributed by atoms with Gasteiger partial charge in [0.05, 0.1) is 6.61 Å². The Balaban J connectivity index is 0. The Hall–Kier alpha value is 0.447. The summed E-state index contributed by atoms with van der Waals surface area (Å²) >= 11 is 0. The summed E-state index contributed by atoms with van der Waals surface area (Å²) in [6, 6.07) is 0. The van der Waals surface area contributed by atoms with E-state index in [2.05, 4.69) is 0 Å². The summed E-state index contributed by atoms with van der Waals surface area (Å²) in [5.41, 5.74) is 0. The van der Waals surface area contributed by atoms with Gasteiger partial charge < -0.3 is 10.2 Å². The molecule has 2 N–H and O–H groups in total. The minimum Gasteiger partial charge on any atom is -0.391 e. The fourth-order valence-electron chi connectivity index (χ4n) is 0. The molecule has 1 atom stereocenters. The van der Waals surface area contributed by atoms with Crippen molar-refractivity contribution in [1.29, 1.82) is 0 Å². The van der Waals surface area contributed by atoms with E-state index in [1.807, 2.05) is 0 Å². The van der Waals surface area contributed by atoms with Crippen LogP contribution in [0.4, 0.5) is 4.39 Å². The molecule has 0 aliphatic rings. The molecule has 0 aliphatic carbocycles. The van der Waals surface area contributed by atoms with Gasteiger partial charge in [0.25, 0.3) is 0 Å². The topological polar surface area (TPSA) is 40.5 Å². The molecular weight excluding hydrogens is 82.0 g/mol. The van der Waals surface area contributed by atoms with Gasteiger partial charge >= 0.3 is 0 Å². The van der Waals surface area contributed by atoms with Crippen molar-refractivity contribution < 1.29 is 14.6 Å². The second kappa shape index (κ2) is 5.45. The van der Waals surface area contributed by atoms with Gasteiger partial charge in [-0.2, -0.15) is 0 Å². The molecule has 4 heteroatoms. The number of halogens is 1. The van der Waals surface area contributed by atoms with Crippen molar-refractivity contribution >= 4 is 18.9 Å². The van der Waals surface area contributed by atoms with Crippen LogP contribution in [0.15, 0.2) is 0 Å². The molecule has 0 heterocycles. The third-order valence-corrected chi connectivity index (χ3v) is 0.151. The Kier molecular flexibility index (Phi) is 8.78. The van der Waals surface area contributed by atoms with Crippen LogP contribution in [0.25, 0.3) is 0 Å². The monoisotopic (exact) mass is 87.0 g/mol. The van der Waals surface area contributed by atoms with E-state index >= 15 is 0 Å². The van der Waals surface area contributed by atoms with E-state index in [9.17, 15) is 4.39 Å². The van der Waals surface area contributed by atoms with Gasteiger partial charge in [-0.05, 0) is 0 Å². The molecule has 0 rings (SSSR count). The van der Waals surface area contributed by atoms with Crippen molar-refractivity contribution in [3.8, 4) is 0 Å². The van der Waals surface area contributed by atoms with Gasteiger partial charge in [-0.15, -0.1) is 0 Å². The first-order chi connectivity index (χ1) is 2.27. The van der Waals surface area contributed by atoms with Crippen LogP contribution in [0.2, 0.25) is 0 Å². The average Bonchev–Trinajstić information content (AvgIpc) is 1.38. The van der Waals surface area contributed by atoms with Crippen molar-refractivity contribution in [2.75, 3.05) is 6.61 Å². The normalized spacial score (nSPS) is 12.5. The molecule has 0 aliphatic heterocycles.